The molecule has 0 amide bonds. The SMILES string of the molecule is CCCN1CCc2c(c3cc(C=O)c(OC)cc3c3cc(OC)c(OC)cc23)C1. The number of hydrogen-bond donors (Lipinski definition) is 0. The zero-order valence-electron chi connectivity index (χ0n) is 17.5. The molecule has 29 heavy (non-hydrogen) atoms. The van der Waals surface area contributed by atoms with Crippen molar-refractivity contribution >= 4 is 27.8 Å². The summed E-state index contributed by atoms with van der Waals surface area (Å²) in [6.45, 7) is 5.20. The number of rotatable bonds is 6. The Hall–Kier alpha value is -2.79. The van der Waals surface area contributed by atoms with E-state index in [0.29, 0.717) is 17.1 Å². The van der Waals surface area contributed by atoms with Gasteiger partial charge < -0.3 is 14.2 Å². The number of hydrogen-bond acceptors (Lipinski definition) is 5. The summed E-state index contributed by atoms with van der Waals surface area (Å²) in [5.74, 6) is 2.02. The van der Waals surface area contributed by atoms with E-state index < -0.39 is 0 Å². The molecule has 0 radical (unpaired) electrons. The molecule has 0 saturated heterocycles. The Bertz CT molecular complexity index is 1090. The number of carbonyl (C=O) groups is 1. The van der Waals surface area contributed by atoms with Gasteiger partial charge in [0.1, 0.15) is 5.75 Å². The molecule has 0 unspecified atom stereocenters. The molecule has 3 aromatic carbocycles. The van der Waals surface area contributed by atoms with Gasteiger partial charge in [0, 0.05) is 13.1 Å². The molecule has 1 heterocycles. The van der Waals surface area contributed by atoms with Gasteiger partial charge >= 0.3 is 0 Å². The second-order valence-electron chi connectivity index (χ2n) is 7.49. The third kappa shape index (κ3) is 3.19. The van der Waals surface area contributed by atoms with Gasteiger partial charge in [-0.1, -0.05) is 6.92 Å². The van der Waals surface area contributed by atoms with Gasteiger partial charge in [0.2, 0.25) is 0 Å². The van der Waals surface area contributed by atoms with Crippen molar-refractivity contribution < 1.29 is 19.0 Å². The summed E-state index contributed by atoms with van der Waals surface area (Å²) in [4.78, 5) is 14.2. The highest BCUT2D eigenvalue weighted by Crippen LogP contribution is 2.43. The Balaban J connectivity index is 2.11. The molecule has 1 aliphatic rings. The zero-order valence-corrected chi connectivity index (χ0v) is 17.5. The number of methoxy groups -OCH3 is 3. The lowest BCUT2D eigenvalue weighted by molar-refractivity contribution is 0.112. The van der Waals surface area contributed by atoms with Crippen LogP contribution >= 0.6 is 0 Å². The molecule has 152 valence electrons. The number of aldehydes is 1. The van der Waals surface area contributed by atoms with E-state index in [0.717, 1.165) is 60.7 Å². The topological polar surface area (TPSA) is 48.0 Å². The summed E-state index contributed by atoms with van der Waals surface area (Å²) in [6.07, 6.45) is 2.97. The predicted molar refractivity (Wildman–Crippen MR) is 116 cm³/mol. The van der Waals surface area contributed by atoms with Crippen LogP contribution in [0.4, 0.5) is 0 Å². The fourth-order valence-corrected chi connectivity index (χ4v) is 4.56. The molecule has 0 aromatic heterocycles. The zero-order chi connectivity index (χ0) is 20.5. The van der Waals surface area contributed by atoms with Gasteiger partial charge in [0.25, 0.3) is 0 Å². The van der Waals surface area contributed by atoms with Crippen LogP contribution in [0.25, 0.3) is 21.5 Å². The average Bonchev–Trinajstić information content (AvgIpc) is 2.77. The summed E-state index contributed by atoms with van der Waals surface area (Å²) < 4.78 is 16.7. The van der Waals surface area contributed by atoms with Crippen LogP contribution in [0.1, 0.15) is 34.8 Å². The van der Waals surface area contributed by atoms with Crippen molar-refractivity contribution in [2.24, 2.45) is 0 Å². The Morgan fingerprint density at radius 1 is 0.862 bits per heavy atom. The minimum atomic E-state index is 0.578. The van der Waals surface area contributed by atoms with E-state index in [-0.39, 0.29) is 0 Å². The molecule has 5 heteroatoms. The Morgan fingerprint density at radius 2 is 1.45 bits per heavy atom. The molecule has 0 fully saturated rings. The van der Waals surface area contributed by atoms with Gasteiger partial charge in [-0.05, 0) is 76.3 Å². The quantitative estimate of drug-likeness (QED) is 0.452. The van der Waals surface area contributed by atoms with Crippen LogP contribution in [-0.2, 0) is 13.0 Å². The van der Waals surface area contributed by atoms with E-state index in [4.69, 9.17) is 14.2 Å². The summed E-state index contributed by atoms with van der Waals surface area (Å²) in [5, 5.41) is 4.46. The summed E-state index contributed by atoms with van der Waals surface area (Å²) in [6, 6.07) is 8.08. The van der Waals surface area contributed by atoms with E-state index in [1.54, 1.807) is 21.3 Å². The lowest BCUT2D eigenvalue weighted by atomic mass is 9.86. The van der Waals surface area contributed by atoms with E-state index >= 15 is 0 Å². The maximum absolute atomic E-state index is 11.7. The van der Waals surface area contributed by atoms with Crippen molar-refractivity contribution in [3.05, 3.63) is 41.0 Å². The first-order valence-electron chi connectivity index (χ1n) is 10.0. The average molecular weight is 393 g/mol. The first kappa shape index (κ1) is 19.5. The van der Waals surface area contributed by atoms with E-state index in [1.165, 1.54) is 16.5 Å². The number of benzene rings is 3. The molecule has 0 atom stereocenters. The van der Waals surface area contributed by atoms with E-state index in [9.17, 15) is 4.79 Å². The lowest BCUT2D eigenvalue weighted by Gasteiger charge is -2.31. The molecule has 4 rings (SSSR count). The maximum Gasteiger partial charge on any atom is 0.161 e. The monoisotopic (exact) mass is 393 g/mol. The highest BCUT2D eigenvalue weighted by Gasteiger charge is 2.24. The maximum atomic E-state index is 11.7. The second kappa shape index (κ2) is 7.91. The van der Waals surface area contributed by atoms with Crippen molar-refractivity contribution in [1.82, 2.24) is 4.90 Å². The van der Waals surface area contributed by atoms with Gasteiger partial charge in [-0.15, -0.1) is 0 Å². The predicted octanol–water partition coefficient (Wildman–Crippen LogP) is 4.60. The number of carbonyl (C=O) groups excluding carboxylic acids is 1. The standard InChI is InChI=1S/C24H27NO4/c1-5-7-25-8-6-16-18-11-23(28-3)24(29-4)12-20(18)19-10-22(27-2)15(14-26)9-17(19)21(16)13-25/h9-12,14H,5-8,13H2,1-4H3. The van der Waals surface area contributed by atoms with Gasteiger partial charge in [0.05, 0.1) is 26.9 Å². The minimum Gasteiger partial charge on any atom is -0.496 e. The largest absolute Gasteiger partial charge is 0.496 e. The lowest BCUT2D eigenvalue weighted by Crippen LogP contribution is -2.31. The normalized spacial score (nSPS) is 14.1. The van der Waals surface area contributed by atoms with Gasteiger partial charge in [-0.2, -0.15) is 0 Å². The molecule has 3 aromatic rings. The summed E-state index contributed by atoms with van der Waals surface area (Å²) >= 11 is 0. The molecule has 0 aliphatic carbocycles. The second-order valence-corrected chi connectivity index (χ2v) is 7.49. The molecule has 0 saturated carbocycles. The molecule has 0 bridgehead atoms. The third-order valence-corrected chi connectivity index (χ3v) is 5.92. The minimum absolute atomic E-state index is 0.578. The molecule has 0 spiro atoms. The highest BCUT2D eigenvalue weighted by atomic mass is 16.5. The molecule has 5 nitrogen and oxygen atoms in total. The molecular weight excluding hydrogens is 366 g/mol. The molecule has 0 N–H and O–H groups in total. The van der Waals surface area contributed by atoms with E-state index in [1.807, 2.05) is 18.2 Å². The van der Waals surface area contributed by atoms with Crippen molar-refractivity contribution in [2.75, 3.05) is 34.4 Å². The first-order chi connectivity index (χ1) is 14.1. The summed E-state index contributed by atoms with van der Waals surface area (Å²) in [7, 11) is 4.92. The molecular formula is C24H27NO4. The Morgan fingerprint density at radius 3 is 2.03 bits per heavy atom. The number of nitrogens with zero attached hydrogens (tertiary/aromatic N) is 1. The van der Waals surface area contributed by atoms with Crippen LogP contribution < -0.4 is 14.2 Å². The van der Waals surface area contributed by atoms with Crippen LogP contribution in [0.15, 0.2) is 24.3 Å². The summed E-state index contributed by atoms with van der Waals surface area (Å²) in [5.41, 5.74) is 3.21. The van der Waals surface area contributed by atoms with Crippen LogP contribution in [-0.4, -0.2) is 45.6 Å². The van der Waals surface area contributed by atoms with Gasteiger partial charge in [-0.3, -0.25) is 9.69 Å². The van der Waals surface area contributed by atoms with Crippen molar-refractivity contribution in [2.45, 2.75) is 26.3 Å². The fraction of sp³-hybridized carbons (Fsp3) is 0.375. The van der Waals surface area contributed by atoms with Crippen LogP contribution in [0.2, 0.25) is 0 Å². The van der Waals surface area contributed by atoms with Crippen LogP contribution in [0, 0.1) is 0 Å². The first-order valence-corrected chi connectivity index (χ1v) is 10.0. The fourth-order valence-electron chi connectivity index (χ4n) is 4.56. The van der Waals surface area contributed by atoms with E-state index in [2.05, 4.69) is 17.9 Å². The Kier molecular flexibility index (Phi) is 5.33. The molecule has 1 aliphatic heterocycles. The van der Waals surface area contributed by atoms with Gasteiger partial charge in [-0.25, -0.2) is 0 Å². The van der Waals surface area contributed by atoms with Crippen molar-refractivity contribution in [3.8, 4) is 17.2 Å². The number of fused-ring (bicyclic) bond motifs is 6. The van der Waals surface area contributed by atoms with Crippen molar-refractivity contribution in [3.63, 3.8) is 0 Å². The van der Waals surface area contributed by atoms with Crippen molar-refractivity contribution in [1.29, 1.82) is 0 Å². The van der Waals surface area contributed by atoms with Gasteiger partial charge in [0.15, 0.2) is 17.8 Å². The highest BCUT2D eigenvalue weighted by molar-refractivity contribution is 6.13. The number of ether oxygens (including phenoxy) is 3. The third-order valence-electron chi connectivity index (χ3n) is 5.92. The Labute approximate surface area is 171 Å². The smallest absolute Gasteiger partial charge is 0.161 e. The van der Waals surface area contributed by atoms with Crippen LogP contribution in [0.3, 0.4) is 0 Å². The van der Waals surface area contributed by atoms with Crippen LogP contribution in [0.5, 0.6) is 17.2 Å².